The van der Waals surface area contributed by atoms with Gasteiger partial charge in [0.05, 0.1) is 5.88 Å². The molecule has 0 aliphatic heterocycles. The molecule has 1 atom stereocenters. The fraction of sp³-hybridized carbons (Fsp3) is 0.833. The lowest BCUT2D eigenvalue weighted by molar-refractivity contribution is 0.363. The maximum absolute atomic E-state index is 5.90. The second-order valence-corrected chi connectivity index (χ2v) is 5.66. The van der Waals surface area contributed by atoms with Crippen molar-refractivity contribution in [2.75, 3.05) is 0 Å². The van der Waals surface area contributed by atoms with Gasteiger partial charge in [-0.3, -0.25) is 0 Å². The van der Waals surface area contributed by atoms with E-state index in [1.807, 2.05) is 0 Å². The highest BCUT2D eigenvalue weighted by Crippen LogP contribution is 2.22. The monoisotopic (exact) mass is 243 g/mol. The summed E-state index contributed by atoms with van der Waals surface area (Å²) < 4.78 is 2.17. The third-order valence-electron chi connectivity index (χ3n) is 2.82. The zero-order valence-corrected chi connectivity index (χ0v) is 11.7. The molecule has 92 valence electrons. The van der Waals surface area contributed by atoms with E-state index < -0.39 is 0 Å². The summed E-state index contributed by atoms with van der Waals surface area (Å²) in [7, 11) is 0. The first kappa shape index (κ1) is 13.5. The van der Waals surface area contributed by atoms with Crippen LogP contribution in [0.3, 0.4) is 0 Å². The molecule has 16 heavy (non-hydrogen) atoms. The Kier molecular flexibility index (Phi) is 4.36. The molecule has 0 saturated carbocycles. The zero-order valence-electron chi connectivity index (χ0n) is 10.9. The van der Waals surface area contributed by atoms with Crippen LogP contribution >= 0.6 is 11.6 Å². The second kappa shape index (κ2) is 5.17. The SMILES string of the molecule is CCC(C)Cc1nnc(CCl)n1C(C)(C)C. The average molecular weight is 244 g/mol. The molecule has 0 aliphatic carbocycles. The van der Waals surface area contributed by atoms with Gasteiger partial charge >= 0.3 is 0 Å². The summed E-state index contributed by atoms with van der Waals surface area (Å²) in [4.78, 5) is 0. The third-order valence-corrected chi connectivity index (χ3v) is 3.05. The molecule has 0 radical (unpaired) electrons. The van der Waals surface area contributed by atoms with Crippen molar-refractivity contribution in [1.82, 2.24) is 14.8 Å². The highest BCUT2D eigenvalue weighted by Gasteiger charge is 2.22. The Labute approximate surface area is 103 Å². The largest absolute Gasteiger partial charge is 0.309 e. The Morgan fingerprint density at radius 3 is 2.25 bits per heavy atom. The van der Waals surface area contributed by atoms with Gasteiger partial charge in [-0.1, -0.05) is 20.3 Å². The first-order chi connectivity index (χ1) is 7.40. The van der Waals surface area contributed by atoms with Gasteiger partial charge in [-0.25, -0.2) is 0 Å². The van der Waals surface area contributed by atoms with Gasteiger partial charge in [0.1, 0.15) is 11.6 Å². The summed E-state index contributed by atoms with van der Waals surface area (Å²) in [5, 5.41) is 8.44. The van der Waals surface area contributed by atoms with E-state index in [4.69, 9.17) is 11.6 Å². The Balaban J connectivity index is 3.05. The number of alkyl halides is 1. The van der Waals surface area contributed by atoms with Gasteiger partial charge in [0.2, 0.25) is 0 Å². The first-order valence-corrected chi connectivity index (χ1v) is 6.43. The van der Waals surface area contributed by atoms with Gasteiger partial charge in [-0.05, 0) is 26.7 Å². The van der Waals surface area contributed by atoms with Crippen molar-refractivity contribution in [2.45, 2.75) is 58.9 Å². The Hall–Kier alpha value is -0.570. The van der Waals surface area contributed by atoms with E-state index in [0.29, 0.717) is 11.8 Å². The van der Waals surface area contributed by atoms with Crippen LogP contribution in [0.4, 0.5) is 0 Å². The lowest BCUT2D eigenvalue weighted by atomic mass is 10.0. The standard InChI is InChI=1S/C12H22ClN3/c1-6-9(2)7-10-14-15-11(8-13)16(10)12(3,4)5/h9H,6-8H2,1-5H3. The normalized spacial score (nSPS) is 14.1. The van der Waals surface area contributed by atoms with Crippen LogP contribution in [0.1, 0.15) is 52.7 Å². The van der Waals surface area contributed by atoms with Crippen LogP contribution in [0.25, 0.3) is 0 Å². The van der Waals surface area contributed by atoms with Gasteiger partial charge in [-0.15, -0.1) is 21.8 Å². The van der Waals surface area contributed by atoms with E-state index in [1.165, 1.54) is 0 Å². The van der Waals surface area contributed by atoms with Crippen molar-refractivity contribution in [3.63, 3.8) is 0 Å². The van der Waals surface area contributed by atoms with Crippen molar-refractivity contribution < 1.29 is 0 Å². The summed E-state index contributed by atoms with van der Waals surface area (Å²) in [6.07, 6.45) is 2.13. The van der Waals surface area contributed by atoms with Crippen LogP contribution in [0, 0.1) is 5.92 Å². The van der Waals surface area contributed by atoms with Crippen LogP contribution in [-0.2, 0) is 17.8 Å². The van der Waals surface area contributed by atoms with Gasteiger partial charge in [0.25, 0.3) is 0 Å². The molecule has 1 aromatic rings. The maximum Gasteiger partial charge on any atom is 0.148 e. The highest BCUT2D eigenvalue weighted by atomic mass is 35.5. The van der Waals surface area contributed by atoms with Crippen LogP contribution < -0.4 is 0 Å². The predicted molar refractivity (Wildman–Crippen MR) is 67.7 cm³/mol. The minimum atomic E-state index is -0.00345. The summed E-state index contributed by atoms with van der Waals surface area (Å²) in [5.41, 5.74) is -0.00345. The maximum atomic E-state index is 5.90. The number of hydrogen-bond acceptors (Lipinski definition) is 2. The molecule has 0 N–H and O–H groups in total. The molecule has 1 aromatic heterocycles. The lowest BCUT2D eigenvalue weighted by Crippen LogP contribution is -2.26. The smallest absolute Gasteiger partial charge is 0.148 e. The molecule has 4 heteroatoms. The number of nitrogens with zero attached hydrogens (tertiary/aromatic N) is 3. The van der Waals surface area contributed by atoms with Gasteiger partial charge < -0.3 is 4.57 Å². The molecule has 1 rings (SSSR count). The van der Waals surface area contributed by atoms with Crippen LogP contribution in [0.5, 0.6) is 0 Å². The molecule has 0 aliphatic rings. The number of rotatable bonds is 4. The van der Waals surface area contributed by atoms with Crippen LogP contribution in [0.15, 0.2) is 0 Å². The van der Waals surface area contributed by atoms with Crippen LogP contribution in [-0.4, -0.2) is 14.8 Å². The second-order valence-electron chi connectivity index (χ2n) is 5.39. The molecule has 0 spiro atoms. The third kappa shape index (κ3) is 2.97. The number of halogens is 1. The molecular formula is C12H22ClN3. The summed E-state index contributed by atoms with van der Waals surface area (Å²) in [6.45, 7) is 10.9. The minimum absolute atomic E-state index is 0.00345. The van der Waals surface area contributed by atoms with E-state index in [9.17, 15) is 0 Å². The summed E-state index contributed by atoms with van der Waals surface area (Å²) >= 11 is 5.90. The fourth-order valence-electron chi connectivity index (χ4n) is 1.80. The molecule has 0 bridgehead atoms. The topological polar surface area (TPSA) is 30.7 Å². The fourth-order valence-corrected chi connectivity index (χ4v) is 1.98. The van der Waals surface area contributed by atoms with Gasteiger partial charge in [0.15, 0.2) is 0 Å². The van der Waals surface area contributed by atoms with E-state index in [0.717, 1.165) is 24.5 Å². The highest BCUT2D eigenvalue weighted by molar-refractivity contribution is 6.16. The Morgan fingerprint density at radius 1 is 1.25 bits per heavy atom. The van der Waals surface area contributed by atoms with Crippen molar-refractivity contribution in [3.8, 4) is 0 Å². The summed E-state index contributed by atoms with van der Waals surface area (Å²) in [6, 6.07) is 0. The molecule has 0 fully saturated rings. The summed E-state index contributed by atoms with van der Waals surface area (Å²) in [5.74, 6) is 2.98. The lowest BCUT2D eigenvalue weighted by Gasteiger charge is -2.25. The van der Waals surface area contributed by atoms with Gasteiger partial charge in [-0.2, -0.15) is 0 Å². The molecule has 3 nitrogen and oxygen atoms in total. The van der Waals surface area contributed by atoms with Crippen molar-refractivity contribution in [1.29, 1.82) is 0 Å². The first-order valence-electron chi connectivity index (χ1n) is 5.89. The quantitative estimate of drug-likeness (QED) is 0.760. The molecule has 1 unspecified atom stereocenters. The zero-order chi connectivity index (χ0) is 12.3. The Bertz CT molecular complexity index is 339. The van der Waals surface area contributed by atoms with Crippen molar-refractivity contribution in [3.05, 3.63) is 11.6 Å². The Morgan fingerprint density at radius 2 is 1.81 bits per heavy atom. The molecule has 0 amide bonds. The van der Waals surface area contributed by atoms with Gasteiger partial charge in [0, 0.05) is 12.0 Å². The average Bonchev–Trinajstić information content (AvgIpc) is 2.60. The number of hydrogen-bond donors (Lipinski definition) is 0. The minimum Gasteiger partial charge on any atom is -0.309 e. The van der Waals surface area contributed by atoms with E-state index >= 15 is 0 Å². The van der Waals surface area contributed by atoms with Crippen LogP contribution in [0.2, 0.25) is 0 Å². The molecule has 1 heterocycles. The molecular weight excluding hydrogens is 222 g/mol. The van der Waals surface area contributed by atoms with E-state index in [1.54, 1.807) is 0 Å². The van der Waals surface area contributed by atoms with Crippen molar-refractivity contribution >= 4 is 11.6 Å². The number of aromatic nitrogens is 3. The van der Waals surface area contributed by atoms with E-state index in [2.05, 4.69) is 49.4 Å². The molecule has 0 aromatic carbocycles. The van der Waals surface area contributed by atoms with E-state index in [-0.39, 0.29) is 5.54 Å². The van der Waals surface area contributed by atoms with Crippen molar-refractivity contribution in [2.24, 2.45) is 5.92 Å². The predicted octanol–water partition coefficient (Wildman–Crippen LogP) is 3.36. The molecule has 0 saturated heterocycles.